The number of ketones is 1. The van der Waals surface area contributed by atoms with Crippen molar-refractivity contribution in [1.29, 1.82) is 0 Å². The first-order valence-electron chi connectivity index (χ1n) is 18.2. The highest BCUT2D eigenvalue weighted by Gasteiger charge is 2.49. The van der Waals surface area contributed by atoms with Crippen molar-refractivity contribution in [3.63, 3.8) is 0 Å². The van der Waals surface area contributed by atoms with Gasteiger partial charge in [-0.3, -0.25) is 4.79 Å². The molecule has 2 bridgehead atoms. The summed E-state index contributed by atoms with van der Waals surface area (Å²) < 4.78 is 16.3. The number of nitrogens with zero attached hydrogens (tertiary/aromatic N) is 1. The lowest BCUT2D eigenvalue weighted by atomic mass is 9.65. The van der Waals surface area contributed by atoms with Crippen LogP contribution in [-0.2, 0) is 5.41 Å². The Bertz CT molecular complexity index is 3420. The molecule has 14 rings (SSSR count). The average molecular weight is 658 g/mol. The van der Waals surface area contributed by atoms with Crippen LogP contribution in [-0.4, -0.2) is 10.2 Å². The number of hydrogen-bond donors (Lipinski definition) is 0. The Balaban J connectivity index is 1.34. The van der Waals surface area contributed by atoms with Gasteiger partial charge in [-0.15, -0.1) is 0 Å². The summed E-state index contributed by atoms with van der Waals surface area (Å²) in [7, 11) is 0. The zero-order valence-electron chi connectivity index (χ0n) is 28.3. The lowest BCUT2D eigenvalue weighted by molar-refractivity contribution is 0.0732. The van der Waals surface area contributed by atoms with Gasteiger partial charge in [-0.05, 0) is 89.2 Å². The number of rotatable bonds is 0. The molecule has 0 unspecified atom stereocenters. The first-order chi connectivity index (χ1) is 24.9. The number of furan rings is 2. The molecule has 11 aromatic rings. The quantitative estimate of drug-likeness (QED) is 0.163. The van der Waals surface area contributed by atoms with Crippen LogP contribution in [0.5, 0.6) is 0 Å². The van der Waals surface area contributed by atoms with Crippen LogP contribution in [0.25, 0.3) is 104 Å². The van der Waals surface area contributed by atoms with Crippen molar-refractivity contribution in [2.24, 2.45) is 5.41 Å². The van der Waals surface area contributed by atoms with E-state index in [4.69, 9.17) is 8.83 Å². The number of para-hydroxylation sites is 1. The van der Waals surface area contributed by atoms with E-state index in [0.29, 0.717) is 5.78 Å². The van der Waals surface area contributed by atoms with Crippen molar-refractivity contribution >= 4 is 109 Å². The second-order valence-corrected chi connectivity index (χ2v) is 16.1. The van der Waals surface area contributed by atoms with E-state index in [1.54, 1.807) is 0 Å². The van der Waals surface area contributed by atoms with Gasteiger partial charge in [-0.25, -0.2) is 0 Å². The lowest BCUT2D eigenvalue weighted by Gasteiger charge is -2.38. The summed E-state index contributed by atoms with van der Waals surface area (Å²) in [6.07, 6.45) is 3.93. The maximum absolute atomic E-state index is 14.6. The molecule has 4 nitrogen and oxygen atoms in total. The number of carbonyl (C=O) groups excluding carboxylic acids is 1. The van der Waals surface area contributed by atoms with Crippen molar-refractivity contribution in [1.82, 2.24) is 4.40 Å². The van der Waals surface area contributed by atoms with Crippen molar-refractivity contribution < 1.29 is 13.6 Å². The van der Waals surface area contributed by atoms with Gasteiger partial charge in [0.05, 0.1) is 27.3 Å². The van der Waals surface area contributed by atoms with Crippen molar-refractivity contribution in [3.05, 3.63) is 114 Å². The Morgan fingerprint density at radius 2 is 1.18 bits per heavy atom. The van der Waals surface area contributed by atoms with Crippen molar-refractivity contribution in [2.45, 2.75) is 44.9 Å². The molecule has 4 heterocycles. The lowest BCUT2D eigenvalue weighted by Crippen LogP contribution is -2.33. The van der Waals surface area contributed by atoms with Crippen LogP contribution < -0.4 is 0 Å². The predicted molar refractivity (Wildman–Crippen MR) is 209 cm³/mol. The van der Waals surface area contributed by atoms with Gasteiger partial charge in [0, 0.05) is 48.7 Å². The molecule has 1 fully saturated rings. The topological polar surface area (TPSA) is 47.8 Å². The second kappa shape index (κ2) is 8.52. The molecule has 7 aromatic carbocycles. The van der Waals surface area contributed by atoms with E-state index < -0.39 is 0 Å². The minimum Gasteiger partial charge on any atom is -0.455 e. The van der Waals surface area contributed by atoms with Gasteiger partial charge in [-0.2, -0.15) is 0 Å². The minimum absolute atomic E-state index is 0.0406. The molecule has 0 spiro atoms. The molecule has 4 heteroatoms. The number of carbonyl (C=O) groups is 1. The molecule has 0 N–H and O–H groups in total. The third kappa shape index (κ3) is 3.02. The smallest absolute Gasteiger partial charge is 0.169 e. The maximum Gasteiger partial charge on any atom is 0.169 e. The second-order valence-electron chi connectivity index (χ2n) is 16.1. The molecule has 0 saturated heterocycles. The molecule has 3 aliphatic rings. The predicted octanol–water partition coefficient (Wildman–Crippen LogP) is 13.0. The molecule has 0 amide bonds. The van der Waals surface area contributed by atoms with Crippen LogP contribution in [0.2, 0.25) is 0 Å². The third-order valence-corrected chi connectivity index (χ3v) is 13.4. The summed E-state index contributed by atoms with van der Waals surface area (Å²) in [5.74, 6) is 0.301. The fraction of sp³-hybridized carbons (Fsp3) is 0.170. The highest BCUT2D eigenvalue weighted by molar-refractivity contribution is 6.41. The molecule has 4 aromatic heterocycles. The SMILES string of the molecule is CC12CCC(C)(CC1)c1cc3c4c5oc6cc7ccccc7cc6c5cc5c6c7oc8ccccc8c7c7ccccc7c6n(c3cc1C2=O)c54. The average Bonchev–Trinajstić information content (AvgIpc) is 3.88. The van der Waals surface area contributed by atoms with E-state index in [9.17, 15) is 4.79 Å². The van der Waals surface area contributed by atoms with Gasteiger partial charge in [-0.1, -0.05) is 80.6 Å². The number of benzene rings is 7. The first-order valence-corrected chi connectivity index (χ1v) is 18.2. The zero-order valence-corrected chi connectivity index (χ0v) is 28.3. The fourth-order valence-corrected chi connectivity index (χ4v) is 10.6. The molecule has 0 aliphatic heterocycles. The van der Waals surface area contributed by atoms with Crippen LogP contribution in [0.3, 0.4) is 0 Å². The highest BCUT2D eigenvalue weighted by Crippen LogP contribution is 2.56. The Hall–Kier alpha value is -5.87. The van der Waals surface area contributed by atoms with Gasteiger partial charge < -0.3 is 13.2 Å². The molecule has 1 saturated carbocycles. The molecular formula is C47H31NO3. The number of hydrogen-bond acceptors (Lipinski definition) is 3. The number of fused-ring (bicyclic) bond motifs is 20. The largest absolute Gasteiger partial charge is 0.455 e. The molecule has 242 valence electrons. The van der Waals surface area contributed by atoms with E-state index in [1.165, 1.54) is 21.7 Å². The zero-order chi connectivity index (χ0) is 33.5. The van der Waals surface area contributed by atoms with Crippen molar-refractivity contribution in [2.75, 3.05) is 0 Å². The van der Waals surface area contributed by atoms with Crippen LogP contribution >= 0.6 is 0 Å². The van der Waals surface area contributed by atoms with Crippen molar-refractivity contribution in [3.8, 4) is 0 Å². The Labute approximate surface area is 291 Å². The van der Waals surface area contributed by atoms with Gasteiger partial charge in [0.25, 0.3) is 0 Å². The van der Waals surface area contributed by atoms with E-state index in [1.807, 2.05) is 6.07 Å². The van der Waals surface area contributed by atoms with Gasteiger partial charge in [0.2, 0.25) is 0 Å². The first kappa shape index (κ1) is 26.9. The highest BCUT2D eigenvalue weighted by atomic mass is 16.3. The summed E-state index contributed by atoms with van der Waals surface area (Å²) in [4.78, 5) is 14.6. The number of Topliss-reactive ketones (excluding diaryl/α,β-unsaturated/α-hetero) is 1. The Kier molecular flexibility index (Phi) is 4.50. The standard InChI is InChI=1S/C47H31NO3/c1-46-15-17-47(2,18-16-46)45(49)31-23-35-32(22-34(31)46)39-42-33(21-30-29-19-24-9-3-4-10-25(24)20-37(29)51-43(30)39)40-41(48(35)42)27-12-6-5-11-26(27)38-28-13-7-8-14-36(28)50-44(38)40/h3-14,19-23H,15-18H2,1-2H3. The molecule has 3 aliphatic carbocycles. The monoisotopic (exact) mass is 657 g/mol. The van der Waals surface area contributed by atoms with Crippen LogP contribution in [0.15, 0.2) is 112 Å². The summed E-state index contributed by atoms with van der Waals surface area (Å²) in [6.45, 7) is 4.58. The summed E-state index contributed by atoms with van der Waals surface area (Å²) in [5, 5.41) is 13.7. The van der Waals surface area contributed by atoms with E-state index in [2.05, 4.69) is 115 Å². The minimum atomic E-state index is -0.320. The number of aromatic nitrogens is 1. The van der Waals surface area contributed by atoms with Crippen LogP contribution in [0.1, 0.15) is 55.5 Å². The van der Waals surface area contributed by atoms with E-state index in [-0.39, 0.29) is 10.8 Å². The summed E-state index contributed by atoms with van der Waals surface area (Å²) in [5.41, 5.74) is 8.64. The third-order valence-electron chi connectivity index (χ3n) is 13.4. The summed E-state index contributed by atoms with van der Waals surface area (Å²) >= 11 is 0. The Morgan fingerprint density at radius 1 is 0.529 bits per heavy atom. The fourth-order valence-electron chi connectivity index (χ4n) is 10.6. The van der Waals surface area contributed by atoms with Crippen LogP contribution in [0, 0.1) is 5.41 Å². The molecule has 51 heavy (non-hydrogen) atoms. The van der Waals surface area contributed by atoms with Gasteiger partial charge >= 0.3 is 0 Å². The van der Waals surface area contributed by atoms with E-state index >= 15 is 0 Å². The molecular weight excluding hydrogens is 627 g/mol. The van der Waals surface area contributed by atoms with Gasteiger partial charge in [0.15, 0.2) is 5.78 Å². The molecule has 0 atom stereocenters. The van der Waals surface area contributed by atoms with Gasteiger partial charge in [0.1, 0.15) is 22.3 Å². The molecule has 0 radical (unpaired) electrons. The van der Waals surface area contributed by atoms with Crippen LogP contribution in [0.4, 0.5) is 0 Å². The normalized spacial score (nSPS) is 21.0. The van der Waals surface area contributed by atoms with E-state index in [0.717, 1.165) is 119 Å². The maximum atomic E-state index is 14.6. The Morgan fingerprint density at radius 3 is 2.00 bits per heavy atom. The summed E-state index contributed by atoms with van der Waals surface area (Å²) in [6, 6.07) is 37.1.